The van der Waals surface area contributed by atoms with Gasteiger partial charge in [-0.1, -0.05) is 0 Å². The highest BCUT2D eigenvalue weighted by molar-refractivity contribution is 5.97. The van der Waals surface area contributed by atoms with Gasteiger partial charge in [0.05, 0.1) is 25.7 Å². The minimum absolute atomic E-state index is 0.0769. The molecule has 0 radical (unpaired) electrons. The Balaban J connectivity index is 1.63. The molecular formula is C17H23N3O4. The van der Waals surface area contributed by atoms with Crippen molar-refractivity contribution in [2.75, 3.05) is 53.5 Å². The van der Waals surface area contributed by atoms with Gasteiger partial charge in [-0.05, 0) is 12.1 Å². The van der Waals surface area contributed by atoms with E-state index in [1.165, 1.54) is 7.11 Å². The molecule has 0 aliphatic carbocycles. The Labute approximate surface area is 141 Å². The summed E-state index contributed by atoms with van der Waals surface area (Å²) >= 11 is 0. The lowest BCUT2D eigenvalue weighted by Gasteiger charge is -2.38. The van der Waals surface area contributed by atoms with E-state index < -0.39 is 0 Å². The first-order valence-electron chi connectivity index (χ1n) is 8.15. The molecule has 7 nitrogen and oxygen atoms in total. The number of methoxy groups -OCH3 is 2. The molecule has 7 heteroatoms. The van der Waals surface area contributed by atoms with Gasteiger partial charge in [-0.15, -0.1) is 0 Å². The van der Waals surface area contributed by atoms with Crippen LogP contribution in [0, 0.1) is 5.92 Å². The molecule has 0 bridgehead atoms. The normalized spacial score (nSPS) is 18.1. The molecule has 2 saturated heterocycles. The van der Waals surface area contributed by atoms with Gasteiger partial charge in [0.15, 0.2) is 0 Å². The van der Waals surface area contributed by atoms with Crippen LogP contribution in [0.2, 0.25) is 0 Å². The van der Waals surface area contributed by atoms with Crippen LogP contribution in [0.25, 0.3) is 0 Å². The van der Waals surface area contributed by atoms with E-state index in [-0.39, 0.29) is 17.7 Å². The molecule has 1 N–H and O–H groups in total. The molecule has 0 saturated carbocycles. The maximum absolute atomic E-state index is 12.7. The molecular weight excluding hydrogens is 310 g/mol. The van der Waals surface area contributed by atoms with Crippen LogP contribution < -0.4 is 14.8 Å². The van der Waals surface area contributed by atoms with E-state index in [1.807, 2.05) is 4.90 Å². The molecule has 2 fully saturated rings. The first kappa shape index (κ1) is 16.6. The maximum Gasteiger partial charge on any atom is 0.257 e. The minimum Gasteiger partial charge on any atom is -0.497 e. The van der Waals surface area contributed by atoms with Gasteiger partial charge in [-0.25, -0.2) is 0 Å². The Hall–Kier alpha value is -2.28. The van der Waals surface area contributed by atoms with Crippen LogP contribution in [-0.2, 0) is 4.79 Å². The van der Waals surface area contributed by atoms with Crippen molar-refractivity contribution in [1.29, 1.82) is 0 Å². The summed E-state index contributed by atoms with van der Waals surface area (Å²) in [7, 11) is 3.11. The lowest BCUT2D eigenvalue weighted by molar-refractivity contribution is -0.138. The van der Waals surface area contributed by atoms with E-state index in [0.29, 0.717) is 43.2 Å². The monoisotopic (exact) mass is 333 g/mol. The van der Waals surface area contributed by atoms with Crippen molar-refractivity contribution in [3.63, 3.8) is 0 Å². The summed E-state index contributed by atoms with van der Waals surface area (Å²) in [6, 6.07) is 5.17. The van der Waals surface area contributed by atoms with E-state index in [2.05, 4.69) is 5.32 Å². The van der Waals surface area contributed by atoms with Crippen molar-refractivity contribution in [2.24, 2.45) is 5.92 Å². The van der Waals surface area contributed by atoms with E-state index in [4.69, 9.17) is 9.47 Å². The Kier molecular flexibility index (Phi) is 4.89. The number of nitrogens with one attached hydrogen (secondary N) is 1. The minimum atomic E-state index is -0.0769. The SMILES string of the molecule is COc1ccc(C(=O)N2CCN(C(=O)C3CNC3)CC2)c(OC)c1. The smallest absolute Gasteiger partial charge is 0.257 e. The van der Waals surface area contributed by atoms with Crippen LogP contribution in [0.4, 0.5) is 0 Å². The predicted octanol–water partition coefficient (Wildman–Crippen LogP) is 0.208. The number of ether oxygens (including phenoxy) is 2. The third kappa shape index (κ3) is 3.17. The van der Waals surface area contributed by atoms with Gasteiger partial charge < -0.3 is 24.6 Å². The van der Waals surface area contributed by atoms with Crippen LogP contribution in [0.3, 0.4) is 0 Å². The molecule has 2 aliphatic rings. The molecule has 24 heavy (non-hydrogen) atoms. The van der Waals surface area contributed by atoms with Gasteiger partial charge in [-0.3, -0.25) is 9.59 Å². The zero-order valence-corrected chi connectivity index (χ0v) is 14.1. The fraction of sp³-hybridized carbons (Fsp3) is 0.529. The van der Waals surface area contributed by atoms with Crippen molar-refractivity contribution in [2.45, 2.75) is 0 Å². The van der Waals surface area contributed by atoms with E-state index in [9.17, 15) is 9.59 Å². The number of benzene rings is 1. The lowest BCUT2D eigenvalue weighted by Crippen LogP contribution is -2.57. The fourth-order valence-electron chi connectivity index (χ4n) is 3.00. The second kappa shape index (κ2) is 7.09. The average molecular weight is 333 g/mol. The number of hydrogen-bond acceptors (Lipinski definition) is 5. The molecule has 130 valence electrons. The van der Waals surface area contributed by atoms with Crippen LogP contribution in [0.1, 0.15) is 10.4 Å². The Bertz CT molecular complexity index is 622. The van der Waals surface area contributed by atoms with Crippen molar-refractivity contribution in [3.05, 3.63) is 23.8 Å². The number of amides is 2. The zero-order chi connectivity index (χ0) is 17.1. The van der Waals surface area contributed by atoms with Crippen molar-refractivity contribution >= 4 is 11.8 Å². The summed E-state index contributed by atoms with van der Waals surface area (Å²) in [5, 5.41) is 3.12. The summed E-state index contributed by atoms with van der Waals surface area (Å²) in [5.41, 5.74) is 0.515. The largest absolute Gasteiger partial charge is 0.497 e. The zero-order valence-electron chi connectivity index (χ0n) is 14.1. The molecule has 0 atom stereocenters. The molecule has 0 spiro atoms. The summed E-state index contributed by atoms with van der Waals surface area (Å²) in [4.78, 5) is 28.6. The van der Waals surface area contributed by atoms with Gasteiger partial charge in [0, 0.05) is 45.3 Å². The van der Waals surface area contributed by atoms with E-state index >= 15 is 0 Å². The number of carbonyl (C=O) groups is 2. The fourth-order valence-corrected chi connectivity index (χ4v) is 3.00. The summed E-state index contributed by atoms with van der Waals surface area (Å²) in [5.74, 6) is 1.37. The molecule has 2 heterocycles. The van der Waals surface area contributed by atoms with Crippen LogP contribution in [0.15, 0.2) is 18.2 Å². The number of hydrogen-bond donors (Lipinski definition) is 1. The predicted molar refractivity (Wildman–Crippen MR) is 88.4 cm³/mol. The van der Waals surface area contributed by atoms with Crippen molar-refractivity contribution < 1.29 is 19.1 Å². The molecule has 0 unspecified atom stereocenters. The highest BCUT2D eigenvalue weighted by atomic mass is 16.5. The number of piperazine rings is 1. The molecule has 2 aliphatic heterocycles. The molecule has 1 aromatic carbocycles. The number of carbonyl (C=O) groups excluding carboxylic acids is 2. The lowest BCUT2D eigenvalue weighted by atomic mass is 10.0. The molecule has 2 amide bonds. The summed E-state index contributed by atoms with van der Waals surface area (Å²) < 4.78 is 10.5. The molecule has 3 rings (SSSR count). The average Bonchev–Trinajstić information content (AvgIpc) is 2.59. The van der Waals surface area contributed by atoms with Gasteiger partial charge in [0.2, 0.25) is 5.91 Å². The number of nitrogens with zero attached hydrogens (tertiary/aromatic N) is 2. The van der Waals surface area contributed by atoms with Gasteiger partial charge in [0.1, 0.15) is 11.5 Å². The topological polar surface area (TPSA) is 71.1 Å². The molecule has 0 aromatic heterocycles. The van der Waals surface area contributed by atoms with Crippen LogP contribution >= 0.6 is 0 Å². The van der Waals surface area contributed by atoms with Gasteiger partial charge in [-0.2, -0.15) is 0 Å². The first-order chi connectivity index (χ1) is 11.6. The Morgan fingerprint density at radius 3 is 2.25 bits per heavy atom. The third-order valence-corrected chi connectivity index (χ3v) is 4.65. The second-order valence-corrected chi connectivity index (χ2v) is 6.04. The van der Waals surface area contributed by atoms with E-state index in [0.717, 1.165) is 13.1 Å². The Morgan fingerprint density at radius 2 is 1.71 bits per heavy atom. The van der Waals surface area contributed by atoms with Crippen molar-refractivity contribution in [3.8, 4) is 11.5 Å². The van der Waals surface area contributed by atoms with E-state index in [1.54, 1.807) is 30.2 Å². The maximum atomic E-state index is 12.7. The third-order valence-electron chi connectivity index (χ3n) is 4.65. The van der Waals surface area contributed by atoms with Gasteiger partial charge in [0.25, 0.3) is 5.91 Å². The Morgan fingerprint density at radius 1 is 1.04 bits per heavy atom. The van der Waals surface area contributed by atoms with Crippen LogP contribution in [-0.4, -0.2) is 75.1 Å². The highest BCUT2D eigenvalue weighted by Crippen LogP contribution is 2.26. The first-order valence-corrected chi connectivity index (χ1v) is 8.15. The summed E-state index contributed by atoms with van der Waals surface area (Å²) in [6.45, 7) is 3.78. The standard InChI is InChI=1S/C17H23N3O4/c1-23-13-3-4-14(15(9-13)24-2)17(22)20-7-5-19(6-8-20)16(21)12-10-18-11-12/h3-4,9,12,18H,5-8,10-11H2,1-2H3. The quantitative estimate of drug-likeness (QED) is 0.853. The second-order valence-electron chi connectivity index (χ2n) is 6.04. The highest BCUT2D eigenvalue weighted by Gasteiger charge is 2.32. The van der Waals surface area contributed by atoms with Crippen LogP contribution in [0.5, 0.6) is 11.5 Å². The molecule has 1 aromatic rings. The summed E-state index contributed by atoms with van der Waals surface area (Å²) in [6.07, 6.45) is 0. The van der Waals surface area contributed by atoms with Gasteiger partial charge >= 0.3 is 0 Å². The number of rotatable bonds is 4. The van der Waals surface area contributed by atoms with Crippen molar-refractivity contribution in [1.82, 2.24) is 15.1 Å².